The molecule has 4 nitrogen and oxygen atoms in total. The van der Waals surface area contributed by atoms with E-state index in [1.54, 1.807) is 12.1 Å². The molecule has 0 aliphatic carbocycles. The van der Waals surface area contributed by atoms with Crippen molar-refractivity contribution in [2.24, 2.45) is 11.7 Å². The second kappa shape index (κ2) is 6.85. The first-order chi connectivity index (χ1) is 9.62. The molecule has 1 aromatic rings. The summed E-state index contributed by atoms with van der Waals surface area (Å²) in [6.45, 7) is 0.485. The number of benzene rings is 1. The SMILES string of the molecule is COc1ccc(CN2CCC(CN)C2)cc1OC(F)F. The van der Waals surface area contributed by atoms with Gasteiger partial charge in [-0.15, -0.1) is 0 Å². The van der Waals surface area contributed by atoms with Crippen molar-refractivity contribution < 1.29 is 18.3 Å². The van der Waals surface area contributed by atoms with Crippen LogP contribution in [0.5, 0.6) is 11.5 Å². The minimum atomic E-state index is -2.85. The molecule has 2 rings (SSSR count). The van der Waals surface area contributed by atoms with Crippen LogP contribution in [0.2, 0.25) is 0 Å². The van der Waals surface area contributed by atoms with Crippen LogP contribution in [0.15, 0.2) is 18.2 Å². The number of nitrogens with zero attached hydrogens (tertiary/aromatic N) is 1. The van der Waals surface area contributed by atoms with Gasteiger partial charge in [0.25, 0.3) is 0 Å². The molecule has 6 heteroatoms. The van der Waals surface area contributed by atoms with Crippen LogP contribution in [0, 0.1) is 5.92 Å². The summed E-state index contributed by atoms with van der Waals surface area (Å²) in [4.78, 5) is 2.27. The Morgan fingerprint density at radius 1 is 1.40 bits per heavy atom. The van der Waals surface area contributed by atoms with Crippen LogP contribution in [-0.2, 0) is 6.54 Å². The lowest BCUT2D eigenvalue weighted by Gasteiger charge is -2.17. The van der Waals surface area contributed by atoms with Gasteiger partial charge in [0, 0.05) is 13.1 Å². The van der Waals surface area contributed by atoms with Gasteiger partial charge in [0.05, 0.1) is 7.11 Å². The molecule has 1 saturated heterocycles. The van der Waals surface area contributed by atoms with E-state index >= 15 is 0 Å². The zero-order chi connectivity index (χ0) is 14.5. The molecule has 1 fully saturated rings. The number of hydrogen-bond acceptors (Lipinski definition) is 4. The van der Waals surface area contributed by atoms with Crippen molar-refractivity contribution in [3.05, 3.63) is 23.8 Å². The van der Waals surface area contributed by atoms with E-state index in [-0.39, 0.29) is 5.75 Å². The number of methoxy groups -OCH3 is 1. The van der Waals surface area contributed by atoms with Crippen molar-refractivity contribution in [3.8, 4) is 11.5 Å². The summed E-state index contributed by atoms with van der Waals surface area (Å²) in [6.07, 6.45) is 1.09. The van der Waals surface area contributed by atoms with Crippen molar-refractivity contribution in [2.45, 2.75) is 19.6 Å². The van der Waals surface area contributed by atoms with Gasteiger partial charge < -0.3 is 15.2 Å². The second-order valence-corrected chi connectivity index (χ2v) is 4.99. The molecular weight excluding hydrogens is 266 g/mol. The zero-order valence-electron chi connectivity index (χ0n) is 11.5. The highest BCUT2D eigenvalue weighted by Gasteiger charge is 2.21. The third kappa shape index (κ3) is 3.80. The van der Waals surface area contributed by atoms with E-state index in [0.717, 1.165) is 25.1 Å². The molecule has 1 unspecified atom stereocenters. The zero-order valence-corrected chi connectivity index (χ0v) is 11.5. The Morgan fingerprint density at radius 3 is 2.80 bits per heavy atom. The number of rotatable bonds is 6. The van der Waals surface area contributed by atoms with E-state index < -0.39 is 6.61 Å². The van der Waals surface area contributed by atoms with Gasteiger partial charge in [-0.1, -0.05) is 6.07 Å². The number of hydrogen-bond donors (Lipinski definition) is 1. The van der Waals surface area contributed by atoms with Crippen LogP contribution in [0.1, 0.15) is 12.0 Å². The van der Waals surface area contributed by atoms with Crippen LogP contribution >= 0.6 is 0 Å². The van der Waals surface area contributed by atoms with Gasteiger partial charge >= 0.3 is 6.61 Å². The fourth-order valence-corrected chi connectivity index (χ4v) is 2.51. The average Bonchev–Trinajstić information content (AvgIpc) is 2.86. The molecule has 0 bridgehead atoms. The molecule has 20 heavy (non-hydrogen) atoms. The summed E-state index contributed by atoms with van der Waals surface area (Å²) < 4.78 is 34.2. The molecule has 0 radical (unpaired) electrons. The van der Waals surface area contributed by atoms with Gasteiger partial charge in [0.15, 0.2) is 11.5 Å². The molecule has 112 valence electrons. The molecule has 0 amide bonds. The van der Waals surface area contributed by atoms with E-state index in [2.05, 4.69) is 9.64 Å². The average molecular weight is 286 g/mol. The van der Waals surface area contributed by atoms with Crippen LogP contribution in [-0.4, -0.2) is 38.3 Å². The molecule has 2 N–H and O–H groups in total. The van der Waals surface area contributed by atoms with Crippen molar-refractivity contribution >= 4 is 0 Å². The lowest BCUT2D eigenvalue weighted by atomic mass is 10.1. The smallest absolute Gasteiger partial charge is 0.387 e. The molecule has 1 aromatic carbocycles. The normalized spacial score (nSPS) is 19.6. The third-order valence-electron chi connectivity index (χ3n) is 3.55. The fraction of sp³-hybridized carbons (Fsp3) is 0.571. The molecule has 1 atom stereocenters. The summed E-state index contributed by atoms with van der Waals surface area (Å²) in [5.41, 5.74) is 6.59. The highest BCUT2D eigenvalue weighted by molar-refractivity contribution is 5.43. The largest absolute Gasteiger partial charge is 0.493 e. The Labute approximate surface area is 117 Å². The minimum Gasteiger partial charge on any atom is -0.493 e. The van der Waals surface area contributed by atoms with Crippen molar-refractivity contribution in [2.75, 3.05) is 26.7 Å². The van der Waals surface area contributed by atoms with Crippen molar-refractivity contribution in [3.63, 3.8) is 0 Å². The molecule has 0 saturated carbocycles. The Kier molecular flexibility index (Phi) is 5.14. The summed E-state index contributed by atoms with van der Waals surface area (Å²) in [6, 6.07) is 5.14. The Bertz CT molecular complexity index is 443. The molecule has 0 spiro atoms. The highest BCUT2D eigenvalue weighted by Crippen LogP contribution is 2.30. The summed E-state index contributed by atoms with van der Waals surface area (Å²) in [5, 5.41) is 0. The summed E-state index contributed by atoms with van der Waals surface area (Å²) in [5.74, 6) is 0.926. The minimum absolute atomic E-state index is 0.0783. The monoisotopic (exact) mass is 286 g/mol. The fourth-order valence-electron chi connectivity index (χ4n) is 2.51. The van der Waals surface area contributed by atoms with E-state index in [1.807, 2.05) is 6.07 Å². The highest BCUT2D eigenvalue weighted by atomic mass is 19.3. The van der Waals surface area contributed by atoms with E-state index in [4.69, 9.17) is 10.5 Å². The Hall–Kier alpha value is -1.40. The van der Waals surface area contributed by atoms with Crippen LogP contribution < -0.4 is 15.2 Å². The van der Waals surface area contributed by atoms with E-state index in [9.17, 15) is 8.78 Å². The number of nitrogens with two attached hydrogens (primary N) is 1. The molecule has 1 aliphatic heterocycles. The van der Waals surface area contributed by atoms with Gasteiger partial charge in [-0.3, -0.25) is 4.90 Å². The van der Waals surface area contributed by atoms with E-state index in [0.29, 0.717) is 24.8 Å². The number of alkyl halides is 2. The first-order valence-corrected chi connectivity index (χ1v) is 6.66. The maximum Gasteiger partial charge on any atom is 0.387 e. The quantitative estimate of drug-likeness (QED) is 0.870. The van der Waals surface area contributed by atoms with Crippen LogP contribution in [0.4, 0.5) is 8.78 Å². The lowest BCUT2D eigenvalue weighted by molar-refractivity contribution is -0.0512. The molecule has 0 aromatic heterocycles. The number of ether oxygens (including phenoxy) is 2. The first-order valence-electron chi connectivity index (χ1n) is 6.66. The standard InChI is InChI=1S/C14H20F2N2O2/c1-19-12-3-2-10(6-13(12)20-14(15)16)8-18-5-4-11(7-17)9-18/h2-3,6,11,14H,4-5,7-9,17H2,1H3. The summed E-state index contributed by atoms with van der Waals surface area (Å²) >= 11 is 0. The number of halogens is 2. The summed E-state index contributed by atoms with van der Waals surface area (Å²) in [7, 11) is 1.43. The van der Waals surface area contributed by atoms with Gasteiger partial charge in [0.1, 0.15) is 0 Å². The molecule has 1 heterocycles. The van der Waals surface area contributed by atoms with Crippen LogP contribution in [0.25, 0.3) is 0 Å². The third-order valence-corrected chi connectivity index (χ3v) is 3.55. The second-order valence-electron chi connectivity index (χ2n) is 4.99. The van der Waals surface area contributed by atoms with Crippen LogP contribution in [0.3, 0.4) is 0 Å². The first kappa shape index (κ1) is 15.0. The van der Waals surface area contributed by atoms with Gasteiger partial charge in [-0.2, -0.15) is 8.78 Å². The van der Waals surface area contributed by atoms with Gasteiger partial charge in [0.2, 0.25) is 0 Å². The topological polar surface area (TPSA) is 47.7 Å². The Morgan fingerprint density at radius 2 is 2.20 bits per heavy atom. The molecule has 1 aliphatic rings. The van der Waals surface area contributed by atoms with E-state index in [1.165, 1.54) is 7.11 Å². The lowest BCUT2D eigenvalue weighted by Crippen LogP contribution is -2.22. The maximum absolute atomic E-state index is 12.4. The predicted molar refractivity (Wildman–Crippen MR) is 72.1 cm³/mol. The molecular formula is C14H20F2N2O2. The van der Waals surface area contributed by atoms with Gasteiger partial charge in [-0.25, -0.2) is 0 Å². The maximum atomic E-state index is 12.4. The number of likely N-dealkylation sites (tertiary alicyclic amines) is 1. The Balaban J connectivity index is 2.05. The predicted octanol–water partition coefficient (Wildman–Crippen LogP) is 2.08. The van der Waals surface area contributed by atoms with Crippen molar-refractivity contribution in [1.29, 1.82) is 0 Å². The van der Waals surface area contributed by atoms with Crippen molar-refractivity contribution in [1.82, 2.24) is 4.90 Å². The van der Waals surface area contributed by atoms with Gasteiger partial charge in [-0.05, 0) is 43.1 Å².